The van der Waals surface area contributed by atoms with Crippen LogP contribution in [0.15, 0.2) is 194 Å². The number of anilines is 3. The summed E-state index contributed by atoms with van der Waals surface area (Å²) in [5.74, 6) is 0.595. The lowest BCUT2D eigenvalue weighted by Gasteiger charge is -2.29. The van der Waals surface area contributed by atoms with Gasteiger partial charge in [-0.1, -0.05) is 197 Å². The molecule has 1 saturated carbocycles. The van der Waals surface area contributed by atoms with Crippen molar-refractivity contribution in [1.29, 1.82) is 0 Å². The Hall–Kier alpha value is -6.70. The molecule has 9 aromatic carbocycles. The second-order valence-electron chi connectivity index (χ2n) is 17.5. The van der Waals surface area contributed by atoms with Gasteiger partial charge in [0.25, 0.3) is 0 Å². The van der Waals surface area contributed by atoms with Gasteiger partial charge in [-0.15, -0.1) is 0 Å². The summed E-state index contributed by atoms with van der Waals surface area (Å²) >= 11 is 0. The average Bonchev–Trinajstić information content (AvgIpc) is 3.55. The number of nitrogens with zero attached hydrogens (tertiary/aromatic N) is 1. The topological polar surface area (TPSA) is 3.24 Å². The van der Waals surface area contributed by atoms with Gasteiger partial charge in [0.05, 0.1) is 5.69 Å². The Morgan fingerprint density at radius 3 is 1.72 bits per heavy atom. The van der Waals surface area contributed by atoms with E-state index in [1.54, 1.807) is 0 Å². The van der Waals surface area contributed by atoms with Crippen LogP contribution in [-0.2, 0) is 5.41 Å². The lowest BCUT2D eigenvalue weighted by molar-refractivity contribution is 0.445. The van der Waals surface area contributed by atoms with Crippen molar-refractivity contribution in [1.82, 2.24) is 0 Å². The van der Waals surface area contributed by atoms with E-state index in [9.17, 15) is 0 Å². The van der Waals surface area contributed by atoms with E-state index in [1.807, 2.05) is 0 Å². The van der Waals surface area contributed by atoms with Crippen LogP contribution in [0.4, 0.5) is 17.1 Å². The fourth-order valence-corrected chi connectivity index (χ4v) is 10.7. The zero-order valence-corrected chi connectivity index (χ0v) is 34.5. The van der Waals surface area contributed by atoms with E-state index in [0.717, 1.165) is 11.4 Å². The van der Waals surface area contributed by atoms with Gasteiger partial charge in [0.2, 0.25) is 0 Å². The van der Waals surface area contributed by atoms with Crippen molar-refractivity contribution < 1.29 is 0 Å². The highest BCUT2D eigenvalue weighted by Gasteiger charge is 2.36. The van der Waals surface area contributed by atoms with E-state index < -0.39 is 0 Å². The third-order valence-electron chi connectivity index (χ3n) is 13.7. The molecule has 0 heterocycles. The summed E-state index contributed by atoms with van der Waals surface area (Å²) in [6, 6.07) is 72.6. The Morgan fingerprint density at radius 2 is 0.950 bits per heavy atom. The first-order valence-corrected chi connectivity index (χ1v) is 21.9. The molecule has 0 spiro atoms. The molecule has 2 aliphatic carbocycles. The number of hydrogen-bond donors (Lipinski definition) is 0. The van der Waals surface area contributed by atoms with Gasteiger partial charge >= 0.3 is 0 Å². The molecule has 290 valence electrons. The summed E-state index contributed by atoms with van der Waals surface area (Å²) in [6.45, 7) is 4.72. The fraction of sp³-hybridized carbons (Fsp3) is 0.153. The molecule has 0 aliphatic heterocycles. The van der Waals surface area contributed by atoms with Crippen LogP contribution in [0.2, 0.25) is 0 Å². The van der Waals surface area contributed by atoms with Crippen molar-refractivity contribution in [3.63, 3.8) is 0 Å². The van der Waals surface area contributed by atoms with Crippen molar-refractivity contribution >= 4 is 38.6 Å². The van der Waals surface area contributed by atoms with Crippen LogP contribution in [0.3, 0.4) is 0 Å². The highest BCUT2D eigenvalue weighted by Crippen LogP contribution is 2.52. The Kier molecular flexibility index (Phi) is 9.00. The fourth-order valence-electron chi connectivity index (χ4n) is 10.7. The minimum atomic E-state index is -0.0426. The first kappa shape index (κ1) is 36.4. The zero-order chi connectivity index (χ0) is 40.2. The first-order valence-electron chi connectivity index (χ1n) is 21.9. The number of benzene rings is 9. The predicted octanol–water partition coefficient (Wildman–Crippen LogP) is 16.8. The minimum absolute atomic E-state index is 0.0426. The lowest BCUT2D eigenvalue weighted by atomic mass is 9.80. The Labute approximate surface area is 354 Å². The van der Waals surface area contributed by atoms with Crippen LogP contribution >= 0.6 is 0 Å². The molecule has 0 atom stereocenters. The molecule has 0 unspecified atom stereocenters. The summed E-state index contributed by atoms with van der Waals surface area (Å²) in [7, 11) is 0. The number of fused-ring (bicyclic) bond motifs is 5. The molecule has 0 N–H and O–H groups in total. The largest absolute Gasteiger partial charge is 0.310 e. The van der Waals surface area contributed by atoms with E-state index in [1.165, 1.54) is 121 Å². The molecule has 1 fully saturated rings. The van der Waals surface area contributed by atoms with E-state index in [4.69, 9.17) is 0 Å². The van der Waals surface area contributed by atoms with Crippen LogP contribution in [0, 0.1) is 0 Å². The van der Waals surface area contributed by atoms with Crippen LogP contribution in [0.25, 0.3) is 66.1 Å². The summed E-state index contributed by atoms with van der Waals surface area (Å²) in [5.41, 5.74) is 17.9. The minimum Gasteiger partial charge on any atom is -0.310 e. The van der Waals surface area contributed by atoms with Gasteiger partial charge < -0.3 is 4.90 Å². The molecule has 0 amide bonds. The van der Waals surface area contributed by atoms with Gasteiger partial charge in [-0.2, -0.15) is 0 Å². The van der Waals surface area contributed by atoms with Crippen molar-refractivity contribution in [3.8, 4) is 44.5 Å². The van der Waals surface area contributed by atoms with Crippen molar-refractivity contribution in [2.75, 3.05) is 4.90 Å². The molecular formula is C59H49N. The van der Waals surface area contributed by atoms with E-state index in [0.29, 0.717) is 5.92 Å². The van der Waals surface area contributed by atoms with Crippen molar-refractivity contribution in [2.45, 2.75) is 57.3 Å². The van der Waals surface area contributed by atoms with E-state index >= 15 is 0 Å². The maximum Gasteiger partial charge on any atom is 0.0540 e. The SMILES string of the molecule is CC1(C)c2ccccc2-c2c(-c3ccc(N(c4ccc(-c5cccc6ccccc56)cc4)c4ccccc4-c4cccc5cccc(C6CCCCC6)c45)cc3)cccc21. The first-order chi connectivity index (χ1) is 29.5. The van der Waals surface area contributed by atoms with Crippen LogP contribution in [-0.4, -0.2) is 0 Å². The monoisotopic (exact) mass is 771 g/mol. The van der Waals surface area contributed by atoms with Crippen LogP contribution in [0.5, 0.6) is 0 Å². The highest BCUT2D eigenvalue weighted by molar-refractivity contribution is 6.04. The molecule has 0 saturated heterocycles. The normalized spacial score (nSPS) is 14.6. The molecule has 1 nitrogen and oxygen atoms in total. The van der Waals surface area contributed by atoms with Crippen molar-refractivity contribution in [2.24, 2.45) is 0 Å². The summed E-state index contributed by atoms with van der Waals surface area (Å²) in [5, 5.41) is 5.25. The molecule has 9 aromatic rings. The standard InChI is InChI=1S/C59H49N/c1-59(2)54-29-10-8-24-53(54)58-50(27-15-30-55(58)59)43-34-38-46(39-35-43)60(45-36-32-42(33-37-45)48-25-12-19-40-18-6-7-22-47(40)48)56-31-11-9-23-51(56)52-28-14-21-44-20-13-26-49(57(44)52)41-16-4-3-5-17-41/h6-15,18-39,41H,3-5,16-17H2,1-2H3. The van der Waals surface area contributed by atoms with Gasteiger partial charge in [0.15, 0.2) is 0 Å². The quantitative estimate of drug-likeness (QED) is 0.156. The summed E-state index contributed by atoms with van der Waals surface area (Å²) in [6.07, 6.45) is 6.51. The van der Waals surface area contributed by atoms with Crippen molar-refractivity contribution in [3.05, 3.63) is 211 Å². The van der Waals surface area contributed by atoms with Gasteiger partial charge in [-0.25, -0.2) is 0 Å². The molecule has 60 heavy (non-hydrogen) atoms. The Balaban J connectivity index is 1.07. The van der Waals surface area contributed by atoms with Crippen LogP contribution in [0.1, 0.15) is 68.6 Å². The molecule has 0 radical (unpaired) electrons. The maximum absolute atomic E-state index is 2.47. The third kappa shape index (κ3) is 6.06. The molecule has 11 rings (SSSR count). The summed E-state index contributed by atoms with van der Waals surface area (Å²) in [4.78, 5) is 2.47. The summed E-state index contributed by atoms with van der Waals surface area (Å²) < 4.78 is 0. The smallest absolute Gasteiger partial charge is 0.0540 e. The second-order valence-corrected chi connectivity index (χ2v) is 17.5. The number of hydrogen-bond acceptors (Lipinski definition) is 1. The van der Waals surface area contributed by atoms with Gasteiger partial charge in [-0.05, 0) is 126 Å². The average molecular weight is 772 g/mol. The predicted molar refractivity (Wildman–Crippen MR) is 256 cm³/mol. The van der Waals surface area contributed by atoms with Gasteiger partial charge in [0, 0.05) is 22.4 Å². The number of rotatable bonds is 7. The van der Waals surface area contributed by atoms with Gasteiger partial charge in [0.1, 0.15) is 0 Å². The Bertz CT molecular complexity index is 3020. The van der Waals surface area contributed by atoms with Crippen LogP contribution < -0.4 is 4.90 Å². The molecule has 2 aliphatic rings. The lowest BCUT2D eigenvalue weighted by Crippen LogP contribution is -2.14. The number of para-hydroxylation sites is 1. The maximum atomic E-state index is 2.47. The van der Waals surface area contributed by atoms with Gasteiger partial charge in [-0.3, -0.25) is 0 Å². The second kappa shape index (κ2) is 14.8. The van der Waals surface area contributed by atoms with E-state index in [-0.39, 0.29) is 5.41 Å². The zero-order valence-electron chi connectivity index (χ0n) is 34.5. The molecule has 1 heteroatoms. The molecule has 0 aromatic heterocycles. The van der Waals surface area contributed by atoms with E-state index in [2.05, 4.69) is 213 Å². The highest BCUT2D eigenvalue weighted by atomic mass is 15.1. The Morgan fingerprint density at radius 1 is 0.417 bits per heavy atom. The third-order valence-corrected chi connectivity index (χ3v) is 13.7. The molecular weight excluding hydrogens is 723 g/mol. The molecule has 0 bridgehead atoms.